The number of nitrogens with zero attached hydrogens (tertiary/aromatic N) is 2. The summed E-state index contributed by atoms with van der Waals surface area (Å²) in [5, 5.41) is 13.9. The van der Waals surface area contributed by atoms with E-state index in [4.69, 9.17) is 9.47 Å². The monoisotopic (exact) mass is 354 g/mol. The van der Waals surface area contributed by atoms with Crippen LogP contribution in [0.25, 0.3) is 0 Å². The number of benzene rings is 1. The molecule has 0 aliphatic carbocycles. The van der Waals surface area contributed by atoms with E-state index in [0.29, 0.717) is 18.1 Å². The summed E-state index contributed by atoms with van der Waals surface area (Å²) in [7, 11) is 3.46. The van der Waals surface area contributed by atoms with Crippen molar-refractivity contribution in [3.05, 3.63) is 39.6 Å². The third kappa shape index (κ3) is 3.39. The molecular formula is C15H19BrN2O3. The van der Waals surface area contributed by atoms with Gasteiger partial charge in [-0.05, 0) is 47.5 Å². The zero-order chi connectivity index (χ0) is 15.6. The average molecular weight is 355 g/mol. The lowest BCUT2D eigenvalue weighted by Gasteiger charge is -2.13. The maximum Gasteiger partial charge on any atom is 0.161 e. The van der Waals surface area contributed by atoms with Gasteiger partial charge >= 0.3 is 0 Å². The van der Waals surface area contributed by atoms with Gasteiger partial charge in [0.1, 0.15) is 6.61 Å². The molecule has 0 spiro atoms. The molecule has 1 aromatic carbocycles. The maximum absolute atomic E-state index is 9.60. The lowest BCUT2D eigenvalue weighted by atomic mass is 10.1. The molecule has 1 heterocycles. The summed E-state index contributed by atoms with van der Waals surface area (Å²) in [4.78, 5) is 0. The first kappa shape index (κ1) is 15.9. The molecule has 0 amide bonds. The summed E-state index contributed by atoms with van der Waals surface area (Å²) in [6, 6.07) is 5.41. The number of rotatable bonds is 5. The predicted molar refractivity (Wildman–Crippen MR) is 83.6 cm³/mol. The van der Waals surface area contributed by atoms with E-state index in [-0.39, 0.29) is 0 Å². The Morgan fingerprint density at radius 2 is 2.10 bits per heavy atom. The first-order chi connectivity index (χ1) is 9.93. The Balaban J connectivity index is 2.20. The molecule has 2 aromatic rings. The van der Waals surface area contributed by atoms with Crippen LogP contribution in [0, 0.1) is 6.92 Å². The zero-order valence-corrected chi connectivity index (χ0v) is 14.1. The summed E-state index contributed by atoms with van der Waals surface area (Å²) in [5.74, 6) is 1.23. The fourth-order valence-electron chi connectivity index (χ4n) is 2.05. The number of hydrogen-bond donors (Lipinski definition) is 1. The van der Waals surface area contributed by atoms with Gasteiger partial charge in [-0.25, -0.2) is 0 Å². The highest BCUT2D eigenvalue weighted by Gasteiger charge is 2.13. The largest absolute Gasteiger partial charge is 0.493 e. The van der Waals surface area contributed by atoms with Crippen molar-refractivity contribution in [1.82, 2.24) is 9.78 Å². The topological polar surface area (TPSA) is 56.5 Å². The molecule has 0 fully saturated rings. The van der Waals surface area contributed by atoms with Crippen LogP contribution in [-0.2, 0) is 13.7 Å². The van der Waals surface area contributed by atoms with Crippen molar-refractivity contribution in [3.8, 4) is 11.5 Å². The van der Waals surface area contributed by atoms with Crippen LogP contribution < -0.4 is 9.47 Å². The number of aromatic nitrogens is 2. The molecule has 114 valence electrons. The predicted octanol–water partition coefficient (Wildman–Crippen LogP) is 3.13. The molecule has 21 heavy (non-hydrogen) atoms. The van der Waals surface area contributed by atoms with Gasteiger partial charge < -0.3 is 14.6 Å². The normalized spacial score (nSPS) is 12.3. The second kappa shape index (κ2) is 6.49. The Hall–Kier alpha value is -1.53. The van der Waals surface area contributed by atoms with Crippen molar-refractivity contribution in [1.29, 1.82) is 0 Å². The number of aryl methyl sites for hydroxylation is 2. The summed E-state index contributed by atoms with van der Waals surface area (Å²) in [6.07, 6.45) is -0.540. The molecule has 0 aliphatic heterocycles. The van der Waals surface area contributed by atoms with Crippen LogP contribution in [0.3, 0.4) is 0 Å². The second-order valence-electron chi connectivity index (χ2n) is 4.84. The van der Waals surface area contributed by atoms with Crippen molar-refractivity contribution >= 4 is 15.9 Å². The molecule has 1 atom stereocenters. The molecule has 0 bridgehead atoms. The van der Waals surface area contributed by atoms with Crippen LogP contribution in [-0.4, -0.2) is 22.0 Å². The van der Waals surface area contributed by atoms with Gasteiger partial charge in [-0.2, -0.15) is 5.10 Å². The van der Waals surface area contributed by atoms with Crippen LogP contribution in [0.15, 0.2) is 22.7 Å². The third-order valence-electron chi connectivity index (χ3n) is 3.30. The molecule has 5 nitrogen and oxygen atoms in total. The van der Waals surface area contributed by atoms with E-state index in [9.17, 15) is 5.11 Å². The van der Waals surface area contributed by atoms with E-state index in [1.54, 1.807) is 30.8 Å². The number of ether oxygens (including phenoxy) is 2. The third-order valence-corrected chi connectivity index (χ3v) is 4.33. The lowest BCUT2D eigenvalue weighted by molar-refractivity contribution is 0.198. The minimum absolute atomic E-state index is 0.377. The molecule has 6 heteroatoms. The molecule has 1 aromatic heterocycles. The highest BCUT2D eigenvalue weighted by Crippen LogP contribution is 2.31. The molecule has 0 radical (unpaired) electrons. The Morgan fingerprint density at radius 3 is 2.62 bits per heavy atom. The van der Waals surface area contributed by atoms with Gasteiger partial charge in [-0.15, -0.1) is 0 Å². The maximum atomic E-state index is 9.60. The molecule has 0 saturated heterocycles. The van der Waals surface area contributed by atoms with Crippen molar-refractivity contribution in [3.63, 3.8) is 0 Å². The van der Waals surface area contributed by atoms with Gasteiger partial charge in [-0.1, -0.05) is 6.07 Å². The quantitative estimate of drug-likeness (QED) is 0.895. The fourth-order valence-corrected chi connectivity index (χ4v) is 2.50. The first-order valence-corrected chi connectivity index (χ1v) is 7.40. The summed E-state index contributed by atoms with van der Waals surface area (Å²) < 4.78 is 13.9. The highest BCUT2D eigenvalue weighted by molar-refractivity contribution is 9.10. The summed E-state index contributed by atoms with van der Waals surface area (Å²) >= 11 is 3.51. The smallest absolute Gasteiger partial charge is 0.161 e. The number of aliphatic hydroxyl groups is 1. The Morgan fingerprint density at radius 1 is 1.38 bits per heavy atom. The van der Waals surface area contributed by atoms with Crippen LogP contribution in [0.1, 0.15) is 30.0 Å². The van der Waals surface area contributed by atoms with Crippen LogP contribution in [0.4, 0.5) is 0 Å². The van der Waals surface area contributed by atoms with Crippen molar-refractivity contribution in [2.75, 3.05) is 7.11 Å². The lowest BCUT2D eigenvalue weighted by Crippen LogP contribution is -2.05. The van der Waals surface area contributed by atoms with Gasteiger partial charge in [0.05, 0.1) is 29.1 Å². The molecule has 0 aliphatic rings. The minimum atomic E-state index is -0.540. The zero-order valence-electron chi connectivity index (χ0n) is 12.6. The van der Waals surface area contributed by atoms with Crippen molar-refractivity contribution in [2.24, 2.45) is 7.05 Å². The van der Waals surface area contributed by atoms with E-state index < -0.39 is 6.10 Å². The van der Waals surface area contributed by atoms with E-state index in [2.05, 4.69) is 21.0 Å². The van der Waals surface area contributed by atoms with E-state index in [1.807, 2.05) is 20.0 Å². The van der Waals surface area contributed by atoms with Crippen molar-refractivity contribution in [2.45, 2.75) is 26.6 Å². The fraction of sp³-hybridized carbons (Fsp3) is 0.400. The van der Waals surface area contributed by atoms with E-state index >= 15 is 0 Å². The number of methoxy groups -OCH3 is 1. The number of halogens is 1. The molecule has 2 rings (SSSR count). The van der Waals surface area contributed by atoms with Gasteiger partial charge in [0, 0.05) is 7.05 Å². The Labute approximate surface area is 132 Å². The van der Waals surface area contributed by atoms with Gasteiger partial charge in [0.2, 0.25) is 0 Å². The van der Waals surface area contributed by atoms with E-state index in [1.165, 1.54) is 0 Å². The highest BCUT2D eigenvalue weighted by atomic mass is 79.9. The molecule has 1 N–H and O–H groups in total. The summed E-state index contributed by atoms with van der Waals surface area (Å²) in [5.41, 5.74) is 2.67. The summed E-state index contributed by atoms with van der Waals surface area (Å²) in [6.45, 7) is 4.03. The first-order valence-electron chi connectivity index (χ1n) is 6.60. The van der Waals surface area contributed by atoms with Crippen LogP contribution in [0.5, 0.6) is 11.5 Å². The standard InChI is InChI=1S/C15H19BrN2O3/c1-9-15(16)12(18(3)17-9)8-21-13-6-5-11(10(2)19)7-14(13)20-4/h5-7,10,19H,8H2,1-4H3. The molecule has 1 unspecified atom stereocenters. The second-order valence-corrected chi connectivity index (χ2v) is 5.64. The minimum Gasteiger partial charge on any atom is -0.493 e. The van der Waals surface area contributed by atoms with Crippen LogP contribution >= 0.6 is 15.9 Å². The van der Waals surface area contributed by atoms with Gasteiger partial charge in [-0.3, -0.25) is 4.68 Å². The number of aliphatic hydroxyl groups excluding tert-OH is 1. The number of hydrogen-bond acceptors (Lipinski definition) is 4. The van der Waals surface area contributed by atoms with Crippen molar-refractivity contribution < 1.29 is 14.6 Å². The Kier molecular flexibility index (Phi) is 4.90. The molecule has 0 saturated carbocycles. The van der Waals surface area contributed by atoms with E-state index in [0.717, 1.165) is 21.4 Å². The van der Waals surface area contributed by atoms with Gasteiger partial charge in [0.15, 0.2) is 11.5 Å². The van der Waals surface area contributed by atoms with Crippen LogP contribution in [0.2, 0.25) is 0 Å². The molecular weight excluding hydrogens is 336 g/mol. The average Bonchev–Trinajstić information content (AvgIpc) is 2.70. The van der Waals surface area contributed by atoms with Gasteiger partial charge in [0.25, 0.3) is 0 Å². The Bertz CT molecular complexity index is 638. The SMILES string of the molecule is COc1cc(C(C)O)ccc1OCc1c(Br)c(C)nn1C.